The molecule has 162 valence electrons. The predicted octanol–water partition coefficient (Wildman–Crippen LogP) is 6.21. The molecule has 32 heavy (non-hydrogen) atoms. The summed E-state index contributed by atoms with van der Waals surface area (Å²) in [5, 5.41) is 4.93. The van der Waals surface area contributed by atoms with Gasteiger partial charge in [0, 0.05) is 20.7 Å². The number of carbonyl (C=O) groups is 1. The fourth-order valence-corrected chi connectivity index (χ4v) is 4.08. The molecule has 0 atom stereocenters. The summed E-state index contributed by atoms with van der Waals surface area (Å²) in [4.78, 5) is 20.0. The summed E-state index contributed by atoms with van der Waals surface area (Å²) < 4.78 is 5.85. The summed E-state index contributed by atoms with van der Waals surface area (Å²) in [5.41, 5.74) is 5.56. The molecule has 0 aliphatic rings. The highest BCUT2D eigenvalue weighted by molar-refractivity contribution is 7.13. The van der Waals surface area contributed by atoms with Crippen molar-refractivity contribution >= 4 is 34.4 Å². The van der Waals surface area contributed by atoms with Gasteiger partial charge in [0.15, 0.2) is 0 Å². The third-order valence-electron chi connectivity index (χ3n) is 4.98. The van der Waals surface area contributed by atoms with E-state index >= 15 is 0 Å². The Morgan fingerprint density at radius 1 is 1.12 bits per heavy atom. The van der Waals surface area contributed by atoms with Gasteiger partial charge in [0.2, 0.25) is 0 Å². The Balaban J connectivity index is 1.63. The zero-order valence-electron chi connectivity index (χ0n) is 18.2. The number of hydrogen-bond donors (Lipinski definition) is 1. The molecule has 6 heteroatoms. The topological polar surface area (TPSA) is 63.6 Å². The number of rotatable bonds is 8. The number of hydrazone groups is 1. The number of benzene rings is 2. The lowest BCUT2D eigenvalue weighted by molar-refractivity contribution is 0.0956. The van der Waals surface area contributed by atoms with Crippen LogP contribution in [0, 0.1) is 6.92 Å². The summed E-state index contributed by atoms with van der Waals surface area (Å²) in [6.07, 6.45) is 3.75. The number of para-hydroxylation sites is 1. The molecular formula is C26H25N3O2S. The number of fused-ring (bicyclic) bond motifs is 1. The van der Waals surface area contributed by atoms with Crippen LogP contribution in [-0.2, 0) is 0 Å². The van der Waals surface area contributed by atoms with E-state index in [2.05, 4.69) is 17.5 Å². The number of pyridine rings is 1. The number of unbranched alkanes of at least 4 members (excludes halogenated alkanes) is 1. The van der Waals surface area contributed by atoms with Crippen molar-refractivity contribution in [1.82, 2.24) is 10.4 Å². The Morgan fingerprint density at radius 3 is 2.81 bits per heavy atom. The molecule has 5 nitrogen and oxygen atoms in total. The Morgan fingerprint density at radius 2 is 2.00 bits per heavy atom. The highest BCUT2D eigenvalue weighted by atomic mass is 32.1. The number of aryl methyl sites for hydroxylation is 1. The van der Waals surface area contributed by atoms with Crippen LogP contribution in [0.25, 0.3) is 22.2 Å². The van der Waals surface area contributed by atoms with Crippen molar-refractivity contribution in [2.24, 2.45) is 5.10 Å². The standard InChI is InChI=1S/C26H25N3O2S/c1-3-4-14-31-20-9-7-8-19(15-20)25-16-23(22-10-5-6-11-24(22)28-25)26(30)29-27-17-21-13-12-18(2)32-21/h5-13,15-17H,3-4,14H2,1-2H3,(H,29,30)/b27-17-. The first-order valence-electron chi connectivity index (χ1n) is 10.7. The van der Waals surface area contributed by atoms with Gasteiger partial charge in [-0.2, -0.15) is 5.10 Å². The van der Waals surface area contributed by atoms with Crippen LogP contribution in [0.5, 0.6) is 5.75 Å². The molecular weight excluding hydrogens is 418 g/mol. The minimum Gasteiger partial charge on any atom is -0.494 e. The molecule has 1 amide bonds. The van der Waals surface area contributed by atoms with Crippen LogP contribution in [0.2, 0.25) is 0 Å². The predicted molar refractivity (Wildman–Crippen MR) is 132 cm³/mol. The molecule has 0 fully saturated rings. The molecule has 2 heterocycles. The fourth-order valence-electron chi connectivity index (χ4n) is 3.33. The first-order valence-corrected chi connectivity index (χ1v) is 11.5. The SMILES string of the molecule is CCCCOc1cccc(-c2cc(C(=O)N/N=C\c3ccc(C)s3)c3ccccc3n2)c1. The highest BCUT2D eigenvalue weighted by Gasteiger charge is 2.14. The summed E-state index contributed by atoms with van der Waals surface area (Å²) in [7, 11) is 0. The molecule has 4 aromatic rings. The molecule has 0 bridgehead atoms. The second-order valence-corrected chi connectivity index (χ2v) is 8.77. The number of thiophene rings is 1. The fraction of sp³-hybridized carbons (Fsp3) is 0.192. The van der Waals surface area contributed by atoms with Gasteiger partial charge in [0.25, 0.3) is 5.91 Å². The molecule has 1 N–H and O–H groups in total. The van der Waals surface area contributed by atoms with Crippen molar-refractivity contribution in [3.63, 3.8) is 0 Å². The van der Waals surface area contributed by atoms with Crippen LogP contribution >= 0.6 is 11.3 Å². The Labute approximate surface area is 191 Å². The van der Waals surface area contributed by atoms with E-state index in [-0.39, 0.29) is 5.91 Å². The number of carbonyl (C=O) groups excluding carboxylic acids is 1. The Hall–Kier alpha value is -3.51. The minimum absolute atomic E-state index is 0.273. The molecule has 2 aromatic carbocycles. The molecule has 0 aliphatic heterocycles. The molecule has 2 aromatic heterocycles. The molecule has 0 saturated heterocycles. The Bertz CT molecular complexity index is 1260. The van der Waals surface area contributed by atoms with Gasteiger partial charge in [-0.25, -0.2) is 10.4 Å². The smallest absolute Gasteiger partial charge is 0.272 e. The number of amides is 1. The lowest BCUT2D eigenvalue weighted by atomic mass is 10.0. The van der Waals surface area contributed by atoms with Gasteiger partial charge in [0.05, 0.1) is 29.6 Å². The first-order chi connectivity index (χ1) is 15.6. The van der Waals surface area contributed by atoms with Gasteiger partial charge in [-0.3, -0.25) is 4.79 Å². The van der Waals surface area contributed by atoms with E-state index in [0.717, 1.165) is 39.9 Å². The number of nitrogens with one attached hydrogen (secondary N) is 1. The average molecular weight is 444 g/mol. The lowest BCUT2D eigenvalue weighted by Gasteiger charge is -2.10. The minimum atomic E-state index is -0.273. The molecule has 0 spiro atoms. The van der Waals surface area contributed by atoms with Gasteiger partial charge < -0.3 is 4.74 Å². The van der Waals surface area contributed by atoms with Crippen LogP contribution < -0.4 is 10.2 Å². The van der Waals surface area contributed by atoms with Crippen molar-refractivity contribution in [1.29, 1.82) is 0 Å². The largest absolute Gasteiger partial charge is 0.494 e. The quantitative estimate of drug-likeness (QED) is 0.200. The maximum absolute atomic E-state index is 13.0. The van der Waals surface area contributed by atoms with Crippen molar-refractivity contribution < 1.29 is 9.53 Å². The average Bonchev–Trinajstić information content (AvgIpc) is 3.23. The third kappa shape index (κ3) is 5.21. The summed E-state index contributed by atoms with van der Waals surface area (Å²) in [6, 6.07) is 21.3. The van der Waals surface area contributed by atoms with Crippen molar-refractivity contribution in [2.75, 3.05) is 6.61 Å². The first kappa shape index (κ1) is 21.7. The van der Waals surface area contributed by atoms with Gasteiger partial charge in [-0.15, -0.1) is 11.3 Å². The van der Waals surface area contributed by atoms with Crippen LogP contribution in [0.4, 0.5) is 0 Å². The molecule has 0 saturated carbocycles. The van der Waals surface area contributed by atoms with E-state index in [4.69, 9.17) is 9.72 Å². The van der Waals surface area contributed by atoms with Crippen LogP contribution in [-0.4, -0.2) is 23.7 Å². The van der Waals surface area contributed by atoms with Crippen LogP contribution in [0.15, 0.2) is 71.8 Å². The van der Waals surface area contributed by atoms with E-state index in [9.17, 15) is 4.79 Å². The van der Waals surface area contributed by atoms with E-state index < -0.39 is 0 Å². The van der Waals surface area contributed by atoms with Gasteiger partial charge in [-0.1, -0.05) is 43.7 Å². The van der Waals surface area contributed by atoms with Crippen molar-refractivity contribution in [3.8, 4) is 17.0 Å². The summed E-state index contributed by atoms with van der Waals surface area (Å²) >= 11 is 1.62. The van der Waals surface area contributed by atoms with Gasteiger partial charge >= 0.3 is 0 Å². The maximum atomic E-state index is 13.0. The molecule has 0 radical (unpaired) electrons. The van der Waals surface area contributed by atoms with Crippen LogP contribution in [0.3, 0.4) is 0 Å². The van der Waals surface area contributed by atoms with Gasteiger partial charge in [0.1, 0.15) is 5.75 Å². The molecule has 0 unspecified atom stereocenters. The van der Waals surface area contributed by atoms with E-state index in [1.807, 2.05) is 73.7 Å². The van der Waals surface area contributed by atoms with Crippen molar-refractivity contribution in [2.45, 2.75) is 26.7 Å². The second-order valence-electron chi connectivity index (χ2n) is 7.45. The van der Waals surface area contributed by atoms with E-state index in [1.54, 1.807) is 17.6 Å². The highest BCUT2D eigenvalue weighted by Crippen LogP contribution is 2.27. The number of aromatic nitrogens is 1. The van der Waals surface area contributed by atoms with Crippen LogP contribution in [0.1, 0.15) is 39.9 Å². The number of ether oxygens (including phenoxy) is 1. The lowest BCUT2D eigenvalue weighted by Crippen LogP contribution is -2.18. The zero-order chi connectivity index (χ0) is 22.3. The molecule has 0 aliphatic carbocycles. The summed E-state index contributed by atoms with van der Waals surface area (Å²) in [5.74, 6) is 0.525. The zero-order valence-corrected chi connectivity index (χ0v) is 19.0. The van der Waals surface area contributed by atoms with Crippen molar-refractivity contribution in [3.05, 3.63) is 82.0 Å². The third-order valence-corrected chi connectivity index (χ3v) is 5.91. The monoisotopic (exact) mass is 443 g/mol. The normalized spacial score (nSPS) is 11.2. The van der Waals surface area contributed by atoms with E-state index in [1.165, 1.54) is 4.88 Å². The number of hydrogen-bond acceptors (Lipinski definition) is 5. The van der Waals surface area contributed by atoms with E-state index in [0.29, 0.717) is 17.9 Å². The summed E-state index contributed by atoms with van der Waals surface area (Å²) in [6.45, 7) is 4.85. The number of nitrogens with zero attached hydrogens (tertiary/aromatic N) is 2. The molecule has 4 rings (SSSR count). The second kappa shape index (κ2) is 10.2. The Kier molecular flexibility index (Phi) is 6.92. The van der Waals surface area contributed by atoms with Gasteiger partial charge in [-0.05, 0) is 49.7 Å². The maximum Gasteiger partial charge on any atom is 0.272 e.